The van der Waals surface area contributed by atoms with Crippen LogP contribution in [0.4, 0.5) is 5.69 Å². The Morgan fingerprint density at radius 3 is 2.54 bits per heavy atom. The zero-order valence-corrected chi connectivity index (χ0v) is 13.9. The van der Waals surface area contributed by atoms with E-state index in [4.69, 9.17) is 21.1 Å². The lowest BCUT2D eigenvalue weighted by molar-refractivity contribution is 0.354. The summed E-state index contributed by atoms with van der Waals surface area (Å²) in [6, 6.07) is 10.5. The van der Waals surface area contributed by atoms with Crippen LogP contribution < -0.4 is 9.47 Å². The zero-order chi connectivity index (χ0) is 17.3. The molecule has 0 fully saturated rings. The first-order valence-electron chi connectivity index (χ1n) is 7.14. The number of aromatic nitrogens is 1. The Morgan fingerprint density at radius 1 is 1.12 bits per heavy atom. The van der Waals surface area contributed by atoms with Crippen molar-refractivity contribution in [3.63, 3.8) is 0 Å². The van der Waals surface area contributed by atoms with Gasteiger partial charge in [0.25, 0.3) is 0 Å². The maximum absolute atomic E-state index is 11.1. The molecule has 0 bridgehead atoms. The fourth-order valence-electron chi connectivity index (χ4n) is 2.71. The molecule has 7 heteroatoms. The van der Waals surface area contributed by atoms with E-state index in [1.54, 1.807) is 43.1 Å². The monoisotopic (exact) mass is 346 g/mol. The molecule has 0 spiro atoms. The highest BCUT2D eigenvalue weighted by molar-refractivity contribution is 6.31. The summed E-state index contributed by atoms with van der Waals surface area (Å²) in [6.07, 6.45) is 0. The summed E-state index contributed by atoms with van der Waals surface area (Å²) in [5.74, 6) is 1.00. The Balaban J connectivity index is 2.10. The van der Waals surface area contributed by atoms with Gasteiger partial charge in [0.2, 0.25) is 5.88 Å². The summed E-state index contributed by atoms with van der Waals surface area (Å²) >= 11 is 5.98. The standard InChI is InChI=1S/C17H15ClN2O4/c1-23-14-6-3-10(7-15(14)24-2)9-20-13-5-4-11(18)8-12(13)16(19-22)17(20)21/h3-8,21H,9H2,1-2H3. The second-order valence-electron chi connectivity index (χ2n) is 5.20. The number of ether oxygens (including phenoxy) is 2. The van der Waals surface area contributed by atoms with Crippen molar-refractivity contribution in [2.75, 3.05) is 14.2 Å². The summed E-state index contributed by atoms with van der Waals surface area (Å²) in [4.78, 5) is 11.1. The largest absolute Gasteiger partial charge is 0.493 e. The van der Waals surface area contributed by atoms with E-state index in [-0.39, 0.29) is 11.6 Å². The Bertz CT molecular complexity index is 921. The lowest BCUT2D eigenvalue weighted by Gasteiger charge is -2.11. The smallest absolute Gasteiger partial charge is 0.222 e. The highest BCUT2D eigenvalue weighted by Crippen LogP contribution is 2.40. The van der Waals surface area contributed by atoms with E-state index in [1.165, 1.54) is 0 Å². The predicted molar refractivity (Wildman–Crippen MR) is 92.7 cm³/mol. The van der Waals surface area contributed by atoms with Crippen LogP contribution >= 0.6 is 11.6 Å². The molecular weight excluding hydrogens is 332 g/mol. The third-order valence-electron chi connectivity index (χ3n) is 3.85. The van der Waals surface area contributed by atoms with Gasteiger partial charge >= 0.3 is 0 Å². The molecule has 1 aromatic heterocycles. The highest BCUT2D eigenvalue weighted by atomic mass is 35.5. The molecule has 0 atom stereocenters. The van der Waals surface area contributed by atoms with Crippen LogP contribution in [0, 0.1) is 4.91 Å². The zero-order valence-electron chi connectivity index (χ0n) is 13.1. The number of hydrogen-bond donors (Lipinski definition) is 1. The van der Waals surface area contributed by atoms with Crippen LogP contribution in [-0.2, 0) is 6.54 Å². The quantitative estimate of drug-likeness (QED) is 0.692. The van der Waals surface area contributed by atoms with Crippen molar-refractivity contribution < 1.29 is 14.6 Å². The first-order chi connectivity index (χ1) is 11.6. The Morgan fingerprint density at radius 2 is 1.88 bits per heavy atom. The SMILES string of the molecule is COc1ccc(Cn2c(O)c(N=O)c3cc(Cl)ccc32)cc1OC. The van der Waals surface area contributed by atoms with Crippen LogP contribution in [0.3, 0.4) is 0 Å². The molecule has 124 valence electrons. The number of aromatic hydroxyl groups is 1. The summed E-state index contributed by atoms with van der Waals surface area (Å²) in [5.41, 5.74) is 1.52. The Kier molecular flexibility index (Phi) is 4.31. The van der Waals surface area contributed by atoms with Crippen molar-refractivity contribution in [1.29, 1.82) is 0 Å². The molecule has 2 aromatic carbocycles. The molecule has 1 N–H and O–H groups in total. The third kappa shape index (κ3) is 2.65. The molecule has 0 amide bonds. The van der Waals surface area contributed by atoms with E-state index >= 15 is 0 Å². The van der Waals surface area contributed by atoms with Gasteiger partial charge in [-0.1, -0.05) is 17.7 Å². The number of fused-ring (bicyclic) bond motifs is 1. The van der Waals surface area contributed by atoms with Crippen LogP contribution in [-0.4, -0.2) is 23.9 Å². The van der Waals surface area contributed by atoms with E-state index in [1.807, 2.05) is 12.1 Å². The number of rotatable bonds is 5. The van der Waals surface area contributed by atoms with Gasteiger partial charge in [-0.25, -0.2) is 0 Å². The Hall–Kier alpha value is -2.73. The molecule has 0 radical (unpaired) electrons. The van der Waals surface area contributed by atoms with Crippen LogP contribution in [0.5, 0.6) is 17.4 Å². The van der Waals surface area contributed by atoms with E-state index < -0.39 is 0 Å². The molecule has 0 aliphatic rings. The number of hydrogen-bond acceptors (Lipinski definition) is 5. The molecule has 0 saturated heterocycles. The van der Waals surface area contributed by atoms with Crippen LogP contribution in [0.15, 0.2) is 41.6 Å². The molecule has 24 heavy (non-hydrogen) atoms. The fraction of sp³-hybridized carbons (Fsp3) is 0.176. The maximum Gasteiger partial charge on any atom is 0.222 e. The highest BCUT2D eigenvalue weighted by Gasteiger charge is 2.18. The lowest BCUT2D eigenvalue weighted by atomic mass is 10.2. The molecule has 1 heterocycles. The number of nitroso groups, excluding NO2 is 1. The van der Waals surface area contributed by atoms with Gasteiger partial charge < -0.3 is 19.1 Å². The second-order valence-corrected chi connectivity index (χ2v) is 5.64. The molecular formula is C17H15ClN2O4. The average molecular weight is 347 g/mol. The van der Waals surface area contributed by atoms with Crippen molar-refractivity contribution in [2.45, 2.75) is 6.54 Å². The first-order valence-corrected chi connectivity index (χ1v) is 7.51. The Labute approximate surface area is 143 Å². The first kappa shape index (κ1) is 16.1. The van der Waals surface area contributed by atoms with Gasteiger partial charge in [0.05, 0.1) is 26.3 Å². The van der Waals surface area contributed by atoms with Crippen LogP contribution in [0.2, 0.25) is 5.02 Å². The molecule has 0 unspecified atom stereocenters. The summed E-state index contributed by atoms with van der Waals surface area (Å²) in [7, 11) is 3.12. The minimum atomic E-state index is -0.197. The van der Waals surface area contributed by atoms with Crippen molar-refractivity contribution in [1.82, 2.24) is 4.57 Å². The van der Waals surface area contributed by atoms with Gasteiger partial charge in [0, 0.05) is 10.4 Å². The molecule has 3 rings (SSSR count). The molecule has 3 aromatic rings. The topological polar surface area (TPSA) is 73.0 Å². The van der Waals surface area contributed by atoms with Gasteiger partial charge in [0.1, 0.15) is 0 Å². The molecule has 0 saturated carbocycles. The second kappa shape index (κ2) is 6.41. The van der Waals surface area contributed by atoms with Crippen molar-refractivity contribution in [3.8, 4) is 17.4 Å². The van der Waals surface area contributed by atoms with Crippen LogP contribution in [0.1, 0.15) is 5.56 Å². The summed E-state index contributed by atoms with van der Waals surface area (Å²) in [6.45, 7) is 0.333. The van der Waals surface area contributed by atoms with Crippen LogP contribution in [0.25, 0.3) is 10.9 Å². The minimum absolute atomic E-state index is 0.0204. The van der Waals surface area contributed by atoms with Gasteiger partial charge in [-0.15, -0.1) is 4.91 Å². The average Bonchev–Trinajstić information content (AvgIpc) is 2.85. The van der Waals surface area contributed by atoms with Gasteiger partial charge in [-0.2, -0.15) is 0 Å². The van der Waals surface area contributed by atoms with E-state index in [0.717, 1.165) is 5.56 Å². The number of nitrogens with zero attached hydrogens (tertiary/aromatic N) is 2. The summed E-state index contributed by atoms with van der Waals surface area (Å²) in [5, 5.41) is 14.3. The van der Waals surface area contributed by atoms with E-state index in [2.05, 4.69) is 5.18 Å². The van der Waals surface area contributed by atoms with Gasteiger partial charge in [-0.3, -0.25) is 0 Å². The minimum Gasteiger partial charge on any atom is -0.493 e. The number of benzene rings is 2. The van der Waals surface area contributed by atoms with Crippen molar-refractivity contribution >= 4 is 28.2 Å². The van der Waals surface area contributed by atoms with E-state index in [0.29, 0.717) is 34.0 Å². The number of methoxy groups -OCH3 is 2. The predicted octanol–water partition coefficient (Wildman–Crippen LogP) is 4.46. The third-order valence-corrected chi connectivity index (χ3v) is 4.09. The van der Waals surface area contributed by atoms with E-state index in [9.17, 15) is 10.0 Å². The normalized spacial score (nSPS) is 10.8. The van der Waals surface area contributed by atoms with Gasteiger partial charge in [-0.05, 0) is 41.1 Å². The van der Waals surface area contributed by atoms with Crippen molar-refractivity contribution in [2.24, 2.45) is 5.18 Å². The molecule has 6 nitrogen and oxygen atoms in total. The fourth-order valence-corrected chi connectivity index (χ4v) is 2.88. The number of halogens is 1. The van der Waals surface area contributed by atoms with Crippen molar-refractivity contribution in [3.05, 3.63) is 51.9 Å². The summed E-state index contributed by atoms with van der Waals surface area (Å²) < 4.78 is 12.1. The molecule has 0 aliphatic carbocycles. The van der Waals surface area contributed by atoms with Gasteiger partial charge in [0.15, 0.2) is 17.2 Å². The maximum atomic E-state index is 11.1. The lowest BCUT2D eigenvalue weighted by Crippen LogP contribution is -2.00. The molecule has 0 aliphatic heterocycles.